The van der Waals surface area contributed by atoms with Crippen LogP contribution in [0.2, 0.25) is 0 Å². The third kappa shape index (κ3) is 4.14. The van der Waals surface area contributed by atoms with Crippen molar-refractivity contribution < 1.29 is 14.7 Å². The van der Waals surface area contributed by atoms with Crippen LogP contribution in [0, 0.1) is 5.92 Å². The first-order chi connectivity index (χ1) is 14.0. The lowest BCUT2D eigenvalue weighted by Gasteiger charge is -2.29. The predicted octanol–water partition coefficient (Wildman–Crippen LogP) is 4.49. The zero-order chi connectivity index (χ0) is 20.5. The molecule has 1 aliphatic heterocycles. The van der Waals surface area contributed by atoms with E-state index in [0.717, 1.165) is 22.4 Å². The van der Waals surface area contributed by atoms with Gasteiger partial charge in [0.25, 0.3) is 0 Å². The summed E-state index contributed by atoms with van der Waals surface area (Å²) in [6.07, 6.45) is 5.80. The molecule has 0 bridgehead atoms. The number of carbonyl (C=O) groups is 2. The number of thioether (sulfide) groups is 2. The maximum atomic E-state index is 12.7. The monoisotopic (exact) mass is 429 g/mol. The fraction of sp³-hybridized carbons (Fsp3) is 0.429. The molecule has 6 nitrogen and oxygen atoms in total. The summed E-state index contributed by atoms with van der Waals surface area (Å²) in [7, 11) is 0. The van der Waals surface area contributed by atoms with Gasteiger partial charge in [0.05, 0.1) is 10.9 Å². The Balaban J connectivity index is 1.50. The van der Waals surface area contributed by atoms with E-state index in [1.165, 1.54) is 48.4 Å². The minimum atomic E-state index is -0.417. The number of nitrogens with one attached hydrogen (secondary N) is 1. The summed E-state index contributed by atoms with van der Waals surface area (Å²) in [5, 5.41) is 14.7. The quantitative estimate of drug-likeness (QED) is 0.313. The van der Waals surface area contributed by atoms with E-state index in [0.29, 0.717) is 23.0 Å². The van der Waals surface area contributed by atoms with E-state index in [9.17, 15) is 14.7 Å². The molecule has 2 heterocycles. The van der Waals surface area contributed by atoms with Crippen LogP contribution in [-0.4, -0.2) is 37.8 Å². The number of nitrogens with zero attached hydrogens (tertiary/aromatic N) is 2. The molecule has 1 saturated carbocycles. The molecular weight excluding hydrogens is 406 g/mol. The van der Waals surface area contributed by atoms with Crippen LogP contribution in [0.1, 0.15) is 54.9 Å². The van der Waals surface area contributed by atoms with Gasteiger partial charge in [0, 0.05) is 22.3 Å². The fourth-order valence-electron chi connectivity index (χ4n) is 3.98. The average molecular weight is 430 g/mol. The SMILES string of the molecule is CC1CCC2c3c(SC(C)C(=O)Nc4cc(C=O)ccc4O)ncnc3SC2C1. The van der Waals surface area contributed by atoms with Crippen molar-refractivity contribution in [1.82, 2.24) is 9.97 Å². The second-order valence-electron chi connectivity index (χ2n) is 7.72. The third-order valence-electron chi connectivity index (χ3n) is 5.57. The molecule has 0 spiro atoms. The lowest BCUT2D eigenvalue weighted by Crippen LogP contribution is -2.24. The molecule has 1 aliphatic carbocycles. The number of amides is 1. The first-order valence-electron chi connectivity index (χ1n) is 9.73. The van der Waals surface area contributed by atoms with Crippen molar-refractivity contribution in [3.63, 3.8) is 0 Å². The molecule has 4 unspecified atom stereocenters. The number of anilines is 1. The molecule has 152 valence electrons. The average Bonchev–Trinajstić information content (AvgIpc) is 3.07. The van der Waals surface area contributed by atoms with E-state index >= 15 is 0 Å². The minimum Gasteiger partial charge on any atom is -0.506 e. The summed E-state index contributed by atoms with van der Waals surface area (Å²) in [6.45, 7) is 4.13. The van der Waals surface area contributed by atoms with Crippen LogP contribution in [0.15, 0.2) is 34.6 Å². The lowest BCUT2D eigenvalue weighted by atomic mass is 9.80. The smallest absolute Gasteiger partial charge is 0.237 e. The van der Waals surface area contributed by atoms with Crippen LogP contribution < -0.4 is 5.32 Å². The number of aromatic nitrogens is 2. The topological polar surface area (TPSA) is 92.2 Å². The second-order valence-corrected chi connectivity index (χ2v) is 10.3. The van der Waals surface area contributed by atoms with Gasteiger partial charge in [-0.2, -0.15) is 0 Å². The van der Waals surface area contributed by atoms with Crippen molar-refractivity contribution in [3.8, 4) is 5.75 Å². The molecule has 0 radical (unpaired) electrons. The number of hydrogen-bond donors (Lipinski definition) is 2. The molecule has 8 heteroatoms. The number of benzene rings is 1. The molecular formula is C21H23N3O3S2. The summed E-state index contributed by atoms with van der Waals surface area (Å²) in [5.74, 6) is 0.875. The molecule has 29 heavy (non-hydrogen) atoms. The largest absolute Gasteiger partial charge is 0.506 e. The summed E-state index contributed by atoms with van der Waals surface area (Å²) >= 11 is 3.27. The number of phenolic OH excluding ortho intramolecular Hbond substituents is 1. The zero-order valence-corrected chi connectivity index (χ0v) is 17.9. The van der Waals surface area contributed by atoms with Crippen LogP contribution in [0.5, 0.6) is 5.75 Å². The molecule has 2 aromatic rings. The summed E-state index contributed by atoms with van der Waals surface area (Å²) in [6, 6.07) is 4.36. The third-order valence-corrected chi connectivity index (χ3v) is 8.06. The van der Waals surface area contributed by atoms with Gasteiger partial charge in [0.15, 0.2) is 0 Å². The van der Waals surface area contributed by atoms with Crippen molar-refractivity contribution in [3.05, 3.63) is 35.7 Å². The Bertz CT molecular complexity index is 953. The first-order valence-corrected chi connectivity index (χ1v) is 11.5. The highest BCUT2D eigenvalue weighted by Gasteiger charge is 2.40. The number of aldehydes is 1. The minimum absolute atomic E-state index is 0.0698. The van der Waals surface area contributed by atoms with Crippen LogP contribution in [-0.2, 0) is 4.79 Å². The Morgan fingerprint density at radius 2 is 2.21 bits per heavy atom. The lowest BCUT2D eigenvalue weighted by molar-refractivity contribution is -0.115. The van der Waals surface area contributed by atoms with Crippen LogP contribution in [0.3, 0.4) is 0 Å². The number of aromatic hydroxyl groups is 1. The van der Waals surface area contributed by atoms with Crippen molar-refractivity contribution >= 4 is 41.4 Å². The second kappa shape index (κ2) is 8.36. The van der Waals surface area contributed by atoms with Crippen molar-refractivity contribution in [2.24, 2.45) is 5.92 Å². The van der Waals surface area contributed by atoms with E-state index in [1.807, 2.05) is 18.7 Å². The van der Waals surface area contributed by atoms with Crippen molar-refractivity contribution in [2.75, 3.05) is 5.32 Å². The number of carbonyl (C=O) groups excluding carboxylic acids is 2. The fourth-order valence-corrected chi connectivity index (χ4v) is 6.66. The number of phenols is 1. The van der Waals surface area contributed by atoms with Gasteiger partial charge >= 0.3 is 0 Å². The predicted molar refractivity (Wildman–Crippen MR) is 115 cm³/mol. The summed E-state index contributed by atoms with van der Waals surface area (Å²) < 4.78 is 0. The number of fused-ring (bicyclic) bond motifs is 3. The van der Waals surface area contributed by atoms with Gasteiger partial charge in [-0.1, -0.05) is 25.1 Å². The molecule has 1 aromatic carbocycles. The highest BCUT2D eigenvalue weighted by atomic mass is 32.2. The first kappa shape index (κ1) is 20.2. The molecule has 2 N–H and O–H groups in total. The molecule has 2 aliphatic rings. The van der Waals surface area contributed by atoms with Gasteiger partial charge in [-0.25, -0.2) is 9.97 Å². The molecule has 4 atom stereocenters. The zero-order valence-electron chi connectivity index (χ0n) is 16.3. The highest BCUT2D eigenvalue weighted by Crippen LogP contribution is 2.54. The maximum Gasteiger partial charge on any atom is 0.237 e. The van der Waals surface area contributed by atoms with E-state index in [2.05, 4.69) is 22.2 Å². The maximum absolute atomic E-state index is 12.7. The number of rotatable bonds is 5. The van der Waals surface area contributed by atoms with Gasteiger partial charge in [0.2, 0.25) is 5.91 Å². The van der Waals surface area contributed by atoms with E-state index in [4.69, 9.17) is 0 Å². The molecule has 1 fully saturated rings. The Kier molecular flexibility index (Phi) is 5.83. The van der Waals surface area contributed by atoms with E-state index < -0.39 is 5.25 Å². The Morgan fingerprint density at radius 3 is 3.00 bits per heavy atom. The van der Waals surface area contributed by atoms with Gasteiger partial charge in [-0.15, -0.1) is 11.8 Å². The van der Waals surface area contributed by atoms with Gasteiger partial charge in [-0.05, 0) is 43.9 Å². The normalized spacial score (nSPS) is 23.7. The van der Waals surface area contributed by atoms with Gasteiger partial charge in [-0.3, -0.25) is 9.59 Å². The van der Waals surface area contributed by atoms with Crippen LogP contribution in [0.4, 0.5) is 5.69 Å². The van der Waals surface area contributed by atoms with Crippen molar-refractivity contribution in [2.45, 2.75) is 59.6 Å². The van der Waals surface area contributed by atoms with Crippen molar-refractivity contribution in [1.29, 1.82) is 0 Å². The van der Waals surface area contributed by atoms with Gasteiger partial charge < -0.3 is 10.4 Å². The van der Waals surface area contributed by atoms with E-state index in [-0.39, 0.29) is 17.3 Å². The summed E-state index contributed by atoms with van der Waals surface area (Å²) in [4.78, 5) is 32.7. The molecule has 1 aromatic heterocycles. The van der Waals surface area contributed by atoms with E-state index in [1.54, 1.807) is 6.33 Å². The molecule has 0 saturated heterocycles. The highest BCUT2D eigenvalue weighted by molar-refractivity contribution is 8.01. The van der Waals surface area contributed by atoms with Crippen LogP contribution in [0.25, 0.3) is 0 Å². The molecule has 4 rings (SSSR count). The Morgan fingerprint density at radius 1 is 1.38 bits per heavy atom. The number of hydrogen-bond acceptors (Lipinski definition) is 7. The van der Waals surface area contributed by atoms with Crippen LogP contribution >= 0.6 is 23.5 Å². The van der Waals surface area contributed by atoms with Gasteiger partial charge in [0.1, 0.15) is 28.4 Å². The Labute approximate surface area is 178 Å². The summed E-state index contributed by atoms with van der Waals surface area (Å²) in [5.41, 5.74) is 1.82. The Hall–Kier alpha value is -2.06. The standard InChI is InChI=1S/C21H23N3O3S2/c1-11-3-5-14-17(7-11)29-21-18(14)20(22-10-23-21)28-12(2)19(27)24-15-8-13(9-25)4-6-16(15)26/h4,6,8-12,14,17,26H,3,5,7H2,1-2H3,(H,24,27). The molecule has 1 amide bonds.